The van der Waals surface area contributed by atoms with Crippen molar-refractivity contribution >= 4 is 74.1 Å². The number of hydrogen-bond donors (Lipinski definition) is 1. The molecule has 33 heavy (non-hydrogen) atoms. The van der Waals surface area contributed by atoms with Crippen LogP contribution < -0.4 is 15.0 Å². The molecule has 0 aromatic heterocycles. The summed E-state index contributed by atoms with van der Waals surface area (Å²) < 4.78 is 11.6. The lowest BCUT2D eigenvalue weighted by Crippen LogP contribution is -2.54. The molecule has 1 fully saturated rings. The van der Waals surface area contributed by atoms with Crippen molar-refractivity contribution in [3.8, 4) is 5.75 Å². The first kappa shape index (κ1) is 24.9. The number of anilines is 1. The fourth-order valence-electron chi connectivity index (χ4n) is 3.07. The van der Waals surface area contributed by atoms with Crippen LogP contribution in [0.1, 0.15) is 25.0 Å². The Morgan fingerprint density at radius 3 is 2.45 bits per heavy atom. The summed E-state index contributed by atoms with van der Waals surface area (Å²) in [4.78, 5) is 50.4. The monoisotopic (exact) mass is 626 g/mol. The minimum atomic E-state index is -0.801. The molecule has 2 aromatic carbocycles. The van der Waals surface area contributed by atoms with Gasteiger partial charge in [0.2, 0.25) is 0 Å². The lowest BCUT2D eigenvalue weighted by molar-refractivity contribution is -0.145. The first-order chi connectivity index (χ1) is 15.7. The highest BCUT2D eigenvalue weighted by molar-refractivity contribution is 14.1. The number of rotatable bonds is 7. The maximum absolute atomic E-state index is 13.1. The van der Waals surface area contributed by atoms with Gasteiger partial charge in [0.1, 0.15) is 11.3 Å². The number of barbiturate groups is 1. The number of halogens is 2. The van der Waals surface area contributed by atoms with Crippen molar-refractivity contribution in [1.82, 2.24) is 5.32 Å². The van der Waals surface area contributed by atoms with Crippen LogP contribution in [0.4, 0.5) is 10.5 Å². The molecule has 0 unspecified atom stereocenters. The summed E-state index contributed by atoms with van der Waals surface area (Å²) in [6, 6.07) is 9.51. The Morgan fingerprint density at radius 1 is 1.15 bits per heavy atom. The highest BCUT2D eigenvalue weighted by atomic mass is 127. The molecular formula is C23H20BrIN2O6. The van der Waals surface area contributed by atoms with E-state index in [-0.39, 0.29) is 18.8 Å². The molecule has 10 heteroatoms. The van der Waals surface area contributed by atoms with Gasteiger partial charge >= 0.3 is 12.0 Å². The second-order valence-electron chi connectivity index (χ2n) is 6.89. The normalized spacial score (nSPS) is 15.0. The number of nitrogens with one attached hydrogen (secondary N) is 1. The molecule has 4 amide bonds. The van der Waals surface area contributed by atoms with Crippen LogP contribution >= 0.6 is 38.5 Å². The first-order valence-electron chi connectivity index (χ1n) is 10.0. The fraction of sp³-hybridized carbons (Fsp3) is 0.217. The van der Waals surface area contributed by atoms with Crippen LogP contribution in [0.25, 0.3) is 6.08 Å². The quantitative estimate of drug-likeness (QED) is 0.214. The van der Waals surface area contributed by atoms with E-state index >= 15 is 0 Å². The van der Waals surface area contributed by atoms with E-state index < -0.39 is 23.8 Å². The molecule has 0 aliphatic carbocycles. The number of imide groups is 2. The SMILES string of the molecule is CCOC(=O)COc1c(Br)cc(/C=C2/C(=O)NC(=O)N(c3ccc(CC)cc3)C2=O)cc1I. The molecule has 0 bridgehead atoms. The average Bonchev–Trinajstić information content (AvgIpc) is 2.76. The van der Waals surface area contributed by atoms with Crippen LogP contribution in [0.3, 0.4) is 0 Å². The van der Waals surface area contributed by atoms with Crippen LogP contribution in [0.2, 0.25) is 0 Å². The first-order valence-corrected chi connectivity index (χ1v) is 11.9. The number of nitrogens with zero attached hydrogens (tertiary/aromatic N) is 1. The second-order valence-corrected chi connectivity index (χ2v) is 8.90. The number of benzene rings is 2. The Kier molecular flexibility index (Phi) is 8.25. The van der Waals surface area contributed by atoms with Gasteiger partial charge in [-0.15, -0.1) is 0 Å². The van der Waals surface area contributed by atoms with Gasteiger partial charge in [0.05, 0.1) is 20.3 Å². The smallest absolute Gasteiger partial charge is 0.344 e. The van der Waals surface area contributed by atoms with Gasteiger partial charge in [-0.1, -0.05) is 19.1 Å². The summed E-state index contributed by atoms with van der Waals surface area (Å²) in [5, 5.41) is 2.21. The molecular weight excluding hydrogens is 607 g/mol. The molecule has 1 aliphatic heterocycles. The van der Waals surface area contributed by atoms with Crippen molar-refractivity contribution in [3.05, 3.63) is 61.1 Å². The van der Waals surface area contributed by atoms with Crippen molar-refractivity contribution in [3.63, 3.8) is 0 Å². The zero-order valence-corrected chi connectivity index (χ0v) is 21.6. The third-order valence-electron chi connectivity index (χ3n) is 4.68. The molecule has 0 saturated carbocycles. The van der Waals surface area contributed by atoms with Gasteiger partial charge in [-0.2, -0.15) is 0 Å². The summed E-state index contributed by atoms with van der Waals surface area (Å²) in [5.74, 6) is -1.56. The minimum Gasteiger partial charge on any atom is -0.480 e. The van der Waals surface area contributed by atoms with E-state index in [9.17, 15) is 19.2 Å². The van der Waals surface area contributed by atoms with Gasteiger partial charge in [0, 0.05) is 0 Å². The molecule has 2 aromatic rings. The molecule has 1 aliphatic rings. The van der Waals surface area contributed by atoms with Crippen molar-refractivity contribution in [2.24, 2.45) is 0 Å². The van der Waals surface area contributed by atoms with Gasteiger partial charge < -0.3 is 9.47 Å². The molecule has 3 rings (SSSR count). The highest BCUT2D eigenvalue weighted by Gasteiger charge is 2.36. The third kappa shape index (κ3) is 5.80. The summed E-state index contributed by atoms with van der Waals surface area (Å²) in [7, 11) is 0. The Labute approximate surface area is 212 Å². The predicted octanol–water partition coefficient (Wildman–Crippen LogP) is 4.22. The van der Waals surface area contributed by atoms with Crippen molar-refractivity contribution < 1.29 is 28.7 Å². The number of esters is 1. The summed E-state index contributed by atoms with van der Waals surface area (Å²) in [6.45, 7) is 3.71. The molecule has 1 N–H and O–H groups in total. The van der Waals surface area contributed by atoms with Gasteiger partial charge in [0.25, 0.3) is 11.8 Å². The number of ether oxygens (including phenoxy) is 2. The van der Waals surface area contributed by atoms with E-state index in [1.165, 1.54) is 6.08 Å². The molecule has 0 radical (unpaired) electrons. The fourth-order valence-corrected chi connectivity index (χ4v) is 4.84. The Morgan fingerprint density at radius 2 is 1.85 bits per heavy atom. The maximum atomic E-state index is 13.1. The minimum absolute atomic E-state index is 0.183. The molecule has 0 spiro atoms. The predicted molar refractivity (Wildman–Crippen MR) is 134 cm³/mol. The Hall–Kier alpha value is -2.73. The third-order valence-corrected chi connectivity index (χ3v) is 6.07. The van der Waals surface area contributed by atoms with Gasteiger partial charge in [-0.3, -0.25) is 14.9 Å². The average molecular weight is 627 g/mol. The van der Waals surface area contributed by atoms with Crippen LogP contribution in [0.5, 0.6) is 5.75 Å². The number of amides is 4. The molecule has 172 valence electrons. The number of urea groups is 1. The number of carbonyl (C=O) groups excluding carboxylic acids is 4. The maximum Gasteiger partial charge on any atom is 0.344 e. The summed E-state index contributed by atoms with van der Waals surface area (Å²) >= 11 is 5.41. The largest absolute Gasteiger partial charge is 0.480 e. The molecule has 1 saturated heterocycles. The van der Waals surface area contributed by atoms with E-state index in [1.54, 1.807) is 31.2 Å². The number of carbonyl (C=O) groups is 4. The Balaban J connectivity index is 1.89. The lowest BCUT2D eigenvalue weighted by Gasteiger charge is -2.26. The van der Waals surface area contributed by atoms with Gasteiger partial charge in [-0.05, 0) is 93.3 Å². The van der Waals surface area contributed by atoms with E-state index in [2.05, 4.69) is 21.2 Å². The Bertz CT molecular complexity index is 1120. The topological polar surface area (TPSA) is 102 Å². The number of aryl methyl sites for hydroxylation is 1. The summed E-state index contributed by atoms with van der Waals surface area (Å²) in [6.07, 6.45) is 2.22. The standard InChI is InChI=1S/C23H20BrIN2O6/c1-3-13-5-7-15(8-6-13)27-22(30)16(21(29)26-23(27)31)9-14-10-17(24)20(18(25)11-14)33-12-19(28)32-4-2/h5-11H,3-4,12H2,1-2H3,(H,26,29,31)/b16-9-. The van der Waals surface area contributed by atoms with E-state index in [0.717, 1.165) is 16.9 Å². The van der Waals surface area contributed by atoms with E-state index in [0.29, 0.717) is 25.0 Å². The van der Waals surface area contributed by atoms with Crippen molar-refractivity contribution in [2.75, 3.05) is 18.1 Å². The lowest BCUT2D eigenvalue weighted by atomic mass is 10.1. The zero-order chi connectivity index (χ0) is 24.1. The summed E-state index contributed by atoms with van der Waals surface area (Å²) in [5.41, 5.74) is 1.77. The highest BCUT2D eigenvalue weighted by Crippen LogP contribution is 2.33. The van der Waals surface area contributed by atoms with Crippen molar-refractivity contribution in [2.45, 2.75) is 20.3 Å². The van der Waals surface area contributed by atoms with Gasteiger partial charge in [0.15, 0.2) is 6.61 Å². The van der Waals surface area contributed by atoms with Gasteiger partial charge in [-0.25, -0.2) is 14.5 Å². The number of hydrogen-bond acceptors (Lipinski definition) is 6. The second kappa shape index (κ2) is 10.9. The van der Waals surface area contributed by atoms with E-state index in [1.807, 2.05) is 41.6 Å². The van der Waals surface area contributed by atoms with Crippen LogP contribution in [-0.4, -0.2) is 37.0 Å². The molecule has 1 heterocycles. The van der Waals surface area contributed by atoms with Crippen molar-refractivity contribution in [1.29, 1.82) is 0 Å². The van der Waals surface area contributed by atoms with Crippen LogP contribution in [0, 0.1) is 3.57 Å². The molecule has 0 atom stereocenters. The van der Waals surface area contributed by atoms with Crippen LogP contribution in [-0.2, 0) is 25.5 Å². The van der Waals surface area contributed by atoms with E-state index in [4.69, 9.17) is 9.47 Å². The zero-order valence-electron chi connectivity index (χ0n) is 17.8. The molecule has 8 nitrogen and oxygen atoms in total. The van der Waals surface area contributed by atoms with Crippen LogP contribution in [0.15, 0.2) is 46.4 Å².